The maximum absolute atomic E-state index is 12.5. The zero-order chi connectivity index (χ0) is 18.0. The number of aromatic amines is 1. The molecule has 1 aliphatic rings. The Morgan fingerprint density at radius 3 is 2.81 bits per heavy atom. The number of aromatic nitrogens is 1. The number of carbonyl (C=O) groups is 2. The Hall–Kier alpha value is -1.76. The summed E-state index contributed by atoms with van der Waals surface area (Å²) >= 11 is 5.98. The van der Waals surface area contributed by atoms with Crippen molar-refractivity contribution in [2.75, 3.05) is 6.61 Å². The molecule has 1 aliphatic carbocycles. The second-order valence-corrected chi connectivity index (χ2v) is 6.86. The van der Waals surface area contributed by atoms with Crippen LogP contribution in [-0.2, 0) is 9.53 Å². The van der Waals surface area contributed by atoms with Gasteiger partial charge in [-0.25, -0.2) is 0 Å². The van der Waals surface area contributed by atoms with Gasteiger partial charge in [-0.1, -0.05) is 11.6 Å². The van der Waals surface area contributed by atoms with Gasteiger partial charge in [0.1, 0.15) is 5.69 Å². The molecule has 1 saturated carbocycles. The van der Waals surface area contributed by atoms with Crippen LogP contribution in [0, 0.1) is 5.92 Å². The lowest BCUT2D eigenvalue weighted by Gasteiger charge is -2.33. The first-order valence-corrected chi connectivity index (χ1v) is 8.87. The van der Waals surface area contributed by atoms with Gasteiger partial charge >= 0.3 is 5.97 Å². The summed E-state index contributed by atoms with van der Waals surface area (Å²) in [5.74, 6) is -0.587. The number of carbonyl (C=O) groups excluding carboxylic acids is 2. The van der Waals surface area contributed by atoms with Crippen molar-refractivity contribution in [1.29, 1.82) is 0 Å². The molecule has 3 unspecified atom stereocenters. The van der Waals surface area contributed by atoms with E-state index < -0.39 is 0 Å². The zero-order valence-corrected chi connectivity index (χ0v) is 16.0. The third-order valence-corrected chi connectivity index (χ3v) is 4.90. The summed E-state index contributed by atoms with van der Waals surface area (Å²) in [5, 5.41) is 4.48. The van der Waals surface area contributed by atoms with Crippen molar-refractivity contribution in [2.24, 2.45) is 11.7 Å². The Morgan fingerprint density at radius 2 is 2.12 bits per heavy atom. The number of nitrogens with one attached hydrogen (secondary N) is 2. The second-order valence-electron chi connectivity index (χ2n) is 6.42. The van der Waals surface area contributed by atoms with Crippen LogP contribution in [0.1, 0.15) is 36.7 Å². The van der Waals surface area contributed by atoms with Crippen molar-refractivity contribution < 1.29 is 14.3 Å². The lowest BCUT2D eigenvalue weighted by molar-refractivity contribution is -0.149. The molecule has 0 bridgehead atoms. The van der Waals surface area contributed by atoms with Crippen molar-refractivity contribution in [3.63, 3.8) is 0 Å². The molecule has 0 aliphatic heterocycles. The number of H-pyrrole nitrogens is 1. The van der Waals surface area contributed by atoms with E-state index in [1.54, 1.807) is 25.1 Å². The predicted molar refractivity (Wildman–Crippen MR) is 104 cm³/mol. The molecule has 1 fully saturated rings. The largest absolute Gasteiger partial charge is 0.466 e. The average molecular weight is 400 g/mol. The number of fused-ring (bicyclic) bond motifs is 1. The van der Waals surface area contributed by atoms with Crippen LogP contribution in [0.15, 0.2) is 24.3 Å². The third kappa shape index (κ3) is 4.50. The van der Waals surface area contributed by atoms with Crippen LogP contribution in [0.4, 0.5) is 0 Å². The minimum Gasteiger partial charge on any atom is -0.466 e. The van der Waals surface area contributed by atoms with Gasteiger partial charge in [0, 0.05) is 28.0 Å². The molecule has 2 aromatic rings. The molecule has 6 nitrogen and oxygen atoms in total. The van der Waals surface area contributed by atoms with Crippen molar-refractivity contribution >= 4 is 46.8 Å². The van der Waals surface area contributed by atoms with Crippen LogP contribution < -0.4 is 11.1 Å². The standard InChI is InChI=1S/C18H22ClN3O3.ClH/c1-2-25-18(24)10-3-5-15(13(20)8-10)22-17(23)16-9-11-7-12(19)4-6-14(11)21-16;/h4,6-7,9-10,13,15,21H,2-3,5,8,20H2,1H3,(H,22,23);1H. The van der Waals surface area contributed by atoms with E-state index in [2.05, 4.69) is 10.3 Å². The highest BCUT2D eigenvalue weighted by Crippen LogP contribution is 2.25. The van der Waals surface area contributed by atoms with E-state index in [0.29, 0.717) is 36.6 Å². The molecule has 1 amide bonds. The molecule has 26 heavy (non-hydrogen) atoms. The van der Waals surface area contributed by atoms with E-state index in [-0.39, 0.29) is 42.3 Å². The highest BCUT2D eigenvalue weighted by atomic mass is 35.5. The first kappa shape index (κ1) is 20.6. The van der Waals surface area contributed by atoms with Gasteiger partial charge in [0.2, 0.25) is 0 Å². The molecule has 4 N–H and O–H groups in total. The Bertz CT molecular complexity index is 793. The third-order valence-electron chi connectivity index (χ3n) is 4.66. The van der Waals surface area contributed by atoms with Gasteiger partial charge in [-0.2, -0.15) is 0 Å². The van der Waals surface area contributed by atoms with Gasteiger partial charge in [0.25, 0.3) is 5.91 Å². The quantitative estimate of drug-likeness (QED) is 0.688. The van der Waals surface area contributed by atoms with Gasteiger partial charge in [-0.05, 0) is 50.5 Å². The maximum Gasteiger partial charge on any atom is 0.308 e. The Morgan fingerprint density at radius 1 is 1.35 bits per heavy atom. The Labute approximate surface area is 163 Å². The van der Waals surface area contributed by atoms with Crippen LogP contribution in [0.5, 0.6) is 0 Å². The number of nitrogens with two attached hydrogens (primary N) is 1. The minimum atomic E-state index is -0.272. The van der Waals surface area contributed by atoms with Crippen molar-refractivity contribution in [3.05, 3.63) is 35.0 Å². The topological polar surface area (TPSA) is 97.2 Å². The van der Waals surface area contributed by atoms with Gasteiger partial charge in [-0.3, -0.25) is 9.59 Å². The molecule has 3 atom stereocenters. The monoisotopic (exact) mass is 399 g/mol. The molecule has 0 radical (unpaired) electrons. The summed E-state index contributed by atoms with van der Waals surface area (Å²) in [7, 11) is 0. The normalized spacial score (nSPS) is 22.5. The molecular weight excluding hydrogens is 377 g/mol. The summed E-state index contributed by atoms with van der Waals surface area (Å²) in [6.07, 6.45) is 1.84. The number of hydrogen-bond acceptors (Lipinski definition) is 4. The van der Waals surface area contributed by atoms with Crippen LogP contribution in [0.2, 0.25) is 5.02 Å². The number of hydrogen-bond donors (Lipinski definition) is 3. The lowest BCUT2D eigenvalue weighted by atomic mass is 9.82. The summed E-state index contributed by atoms with van der Waals surface area (Å²) in [4.78, 5) is 27.4. The number of esters is 1. The molecule has 3 rings (SSSR count). The first-order valence-electron chi connectivity index (χ1n) is 8.49. The molecule has 0 spiro atoms. The number of ether oxygens (including phenoxy) is 1. The smallest absolute Gasteiger partial charge is 0.308 e. The Balaban J connectivity index is 0.00000243. The van der Waals surface area contributed by atoms with Crippen LogP contribution in [0.3, 0.4) is 0 Å². The fourth-order valence-electron chi connectivity index (χ4n) is 3.33. The SMILES string of the molecule is CCOC(=O)C1CCC(NC(=O)c2cc3cc(Cl)ccc3[nH]2)C(N)C1.Cl. The number of amides is 1. The van der Waals surface area contributed by atoms with Gasteiger partial charge < -0.3 is 20.8 Å². The first-order chi connectivity index (χ1) is 12.0. The molecule has 1 aromatic heterocycles. The van der Waals surface area contributed by atoms with E-state index in [0.717, 1.165) is 10.9 Å². The number of rotatable bonds is 4. The van der Waals surface area contributed by atoms with Crippen LogP contribution in [-0.4, -0.2) is 35.6 Å². The summed E-state index contributed by atoms with van der Waals surface area (Å²) in [5.41, 5.74) is 7.50. The fraction of sp³-hybridized carbons (Fsp3) is 0.444. The van der Waals surface area contributed by atoms with Crippen LogP contribution in [0.25, 0.3) is 10.9 Å². The van der Waals surface area contributed by atoms with E-state index in [4.69, 9.17) is 22.1 Å². The van der Waals surface area contributed by atoms with Crippen molar-refractivity contribution in [1.82, 2.24) is 10.3 Å². The zero-order valence-electron chi connectivity index (χ0n) is 14.5. The van der Waals surface area contributed by atoms with Crippen molar-refractivity contribution in [2.45, 2.75) is 38.3 Å². The molecule has 1 aromatic carbocycles. The summed E-state index contributed by atoms with van der Waals surface area (Å²) in [6.45, 7) is 2.16. The van der Waals surface area contributed by atoms with E-state index in [1.165, 1.54) is 0 Å². The second kappa shape index (κ2) is 8.75. The van der Waals surface area contributed by atoms with E-state index in [1.807, 2.05) is 6.07 Å². The highest BCUT2D eigenvalue weighted by molar-refractivity contribution is 6.31. The van der Waals surface area contributed by atoms with Crippen molar-refractivity contribution in [3.8, 4) is 0 Å². The van der Waals surface area contributed by atoms with E-state index >= 15 is 0 Å². The Kier molecular flexibility index (Phi) is 6.92. The molecule has 1 heterocycles. The van der Waals surface area contributed by atoms with Gasteiger partial charge in [0.15, 0.2) is 0 Å². The van der Waals surface area contributed by atoms with E-state index in [9.17, 15) is 9.59 Å². The molecule has 142 valence electrons. The van der Waals surface area contributed by atoms with Gasteiger partial charge in [0.05, 0.1) is 12.5 Å². The molecule has 0 saturated heterocycles. The summed E-state index contributed by atoms with van der Waals surface area (Å²) < 4.78 is 5.06. The maximum atomic E-state index is 12.5. The predicted octanol–water partition coefficient (Wildman–Crippen LogP) is 3.03. The average Bonchev–Trinajstić information content (AvgIpc) is 3.00. The lowest BCUT2D eigenvalue weighted by Crippen LogP contribution is -2.52. The number of benzene rings is 1. The fourth-order valence-corrected chi connectivity index (χ4v) is 3.51. The number of halogens is 2. The minimum absolute atomic E-state index is 0. The molecular formula is C18H23Cl2N3O3. The highest BCUT2D eigenvalue weighted by Gasteiger charge is 2.33. The van der Waals surface area contributed by atoms with Crippen LogP contribution >= 0.6 is 24.0 Å². The summed E-state index contributed by atoms with van der Waals surface area (Å²) in [6, 6.07) is 6.76. The van der Waals surface area contributed by atoms with Gasteiger partial charge in [-0.15, -0.1) is 12.4 Å². The molecule has 8 heteroatoms.